The SMILES string of the molecule is Cc1ccc(C2(N=C=O)CCCC2)cc1-c1ccccc1. The summed E-state index contributed by atoms with van der Waals surface area (Å²) in [6, 6.07) is 16.8. The number of nitrogens with zero attached hydrogens (tertiary/aromatic N) is 1. The third-order valence-corrected chi connectivity index (χ3v) is 4.55. The van der Waals surface area contributed by atoms with Crippen LogP contribution >= 0.6 is 0 Å². The Balaban J connectivity index is 2.11. The smallest absolute Gasteiger partial charge is 0.211 e. The minimum absolute atomic E-state index is 0.348. The summed E-state index contributed by atoms with van der Waals surface area (Å²) in [5.41, 5.74) is 4.47. The molecule has 0 amide bonds. The van der Waals surface area contributed by atoms with Gasteiger partial charge in [0.05, 0.1) is 5.54 Å². The van der Waals surface area contributed by atoms with Crippen molar-refractivity contribution >= 4 is 6.08 Å². The third kappa shape index (κ3) is 2.55. The first kappa shape index (κ1) is 13.8. The van der Waals surface area contributed by atoms with Crippen molar-refractivity contribution in [2.45, 2.75) is 38.1 Å². The Morgan fingerprint density at radius 2 is 1.76 bits per heavy atom. The van der Waals surface area contributed by atoms with Gasteiger partial charge in [-0.1, -0.05) is 55.3 Å². The maximum atomic E-state index is 10.9. The topological polar surface area (TPSA) is 29.4 Å². The number of aliphatic imine (C=N–C) groups is 1. The lowest BCUT2D eigenvalue weighted by molar-refractivity contribution is 0.456. The molecule has 1 aliphatic rings. The predicted octanol–water partition coefficient (Wildman–Crippen LogP) is 4.77. The Morgan fingerprint density at radius 3 is 2.43 bits per heavy atom. The number of benzene rings is 2. The van der Waals surface area contributed by atoms with Gasteiger partial charge in [0.1, 0.15) is 0 Å². The summed E-state index contributed by atoms with van der Waals surface area (Å²) in [6.07, 6.45) is 5.94. The van der Waals surface area contributed by atoms with Crippen LogP contribution in [0, 0.1) is 6.92 Å². The van der Waals surface area contributed by atoms with E-state index in [4.69, 9.17) is 0 Å². The van der Waals surface area contributed by atoms with E-state index in [1.54, 1.807) is 6.08 Å². The van der Waals surface area contributed by atoms with Gasteiger partial charge in [-0.2, -0.15) is 4.99 Å². The minimum Gasteiger partial charge on any atom is -0.211 e. The second-order valence-corrected chi connectivity index (χ2v) is 5.84. The first-order valence-corrected chi connectivity index (χ1v) is 7.51. The molecule has 0 unspecified atom stereocenters. The molecule has 0 radical (unpaired) electrons. The molecule has 0 heterocycles. The Kier molecular flexibility index (Phi) is 3.72. The molecular weight excluding hydrogens is 258 g/mol. The van der Waals surface area contributed by atoms with Gasteiger partial charge in [0.2, 0.25) is 6.08 Å². The summed E-state index contributed by atoms with van der Waals surface area (Å²) in [6.45, 7) is 2.12. The van der Waals surface area contributed by atoms with Crippen molar-refractivity contribution in [2.24, 2.45) is 4.99 Å². The fraction of sp³-hybridized carbons (Fsp3) is 0.316. The molecule has 2 heteroatoms. The van der Waals surface area contributed by atoms with Crippen LogP contribution in [0.5, 0.6) is 0 Å². The molecule has 2 aromatic carbocycles. The highest BCUT2D eigenvalue weighted by Gasteiger charge is 2.35. The maximum absolute atomic E-state index is 10.9. The molecule has 0 bridgehead atoms. The van der Waals surface area contributed by atoms with Crippen molar-refractivity contribution in [1.82, 2.24) is 0 Å². The van der Waals surface area contributed by atoms with Crippen molar-refractivity contribution in [2.75, 3.05) is 0 Å². The van der Waals surface area contributed by atoms with E-state index in [1.807, 2.05) is 6.07 Å². The van der Waals surface area contributed by atoms with Crippen LogP contribution in [0.15, 0.2) is 53.5 Å². The lowest BCUT2D eigenvalue weighted by Crippen LogP contribution is -2.19. The summed E-state index contributed by atoms with van der Waals surface area (Å²) >= 11 is 0. The summed E-state index contributed by atoms with van der Waals surface area (Å²) in [4.78, 5) is 15.1. The van der Waals surface area contributed by atoms with Gasteiger partial charge in [-0.25, -0.2) is 4.79 Å². The molecule has 0 aromatic heterocycles. The van der Waals surface area contributed by atoms with E-state index in [0.29, 0.717) is 0 Å². The van der Waals surface area contributed by atoms with E-state index in [2.05, 4.69) is 54.4 Å². The largest absolute Gasteiger partial charge is 0.235 e. The zero-order chi connectivity index (χ0) is 14.7. The maximum Gasteiger partial charge on any atom is 0.235 e. The Hall–Kier alpha value is -2.18. The van der Waals surface area contributed by atoms with Crippen molar-refractivity contribution in [3.63, 3.8) is 0 Å². The average Bonchev–Trinajstić information content (AvgIpc) is 2.99. The molecule has 2 nitrogen and oxygen atoms in total. The van der Waals surface area contributed by atoms with Crippen LogP contribution in [0.4, 0.5) is 0 Å². The number of hydrogen-bond acceptors (Lipinski definition) is 2. The van der Waals surface area contributed by atoms with E-state index < -0.39 is 0 Å². The van der Waals surface area contributed by atoms with Crippen LogP contribution < -0.4 is 0 Å². The Bertz CT molecular complexity index is 678. The van der Waals surface area contributed by atoms with Crippen molar-refractivity contribution < 1.29 is 4.79 Å². The highest BCUT2D eigenvalue weighted by molar-refractivity contribution is 5.68. The van der Waals surface area contributed by atoms with Gasteiger partial charge in [-0.05, 0) is 48.1 Å². The van der Waals surface area contributed by atoms with Gasteiger partial charge in [-0.15, -0.1) is 0 Å². The predicted molar refractivity (Wildman–Crippen MR) is 84.9 cm³/mol. The number of carbonyl (C=O) groups excluding carboxylic acids is 1. The second-order valence-electron chi connectivity index (χ2n) is 5.84. The molecular formula is C19H19NO. The lowest BCUT2D eigenvalue weighted by Gasteiger charge is -2.24. The van der Waals surface area contributed by atoms with Gasteiger partial charge in [0.25, 0.3) is 0 Å². The fourth-order valence-electron chi connectivity index (χ4n) is 3.35. The van der Waals surface area contributed by atoms with E-state index in [-0.39, 0.29) is 5.54 Å². The van der Waals surface area contributed by atoms with E-state index in [9.17, 15) is 4.79 Å². The number of hydrogen-bond donors (Lipinski definition) is 0. The zero-order valence-electron chi connectivity index (χ0n) is 12.3. The average molecular weight is 277 g/mol. The molecule has 0 aliphatic heterocycles. The molecule has 106 valence electrons. The molecule has 1 fully saturated rings. The third-order valence-electron chi connectivity index (χ3n) is 4.55. The molecule has 0 spiro atoms. The van der Waals surface area contributed by atoms with Crippen LogP contribution in [-0.4, -0.2) is 6.08 Å². The van der Waals surface area contributed by atoms with Crippen molar-refractivity contribution in [3.8, 4) is 11.1 Å². The fourth-order valence-corrected chi connectivity index (χ4v) is 3.35. The van der Waals surface area contributed by atoms with Gasteiger partial charge in [0, 0.05) is 0 Å². The highest BCUT2D eigenvalue weighted by Crippen LogP contribution is 2.43. The van der Waals surface area contributed by atoms with Crippen LogP contribution in [0.25, 0.3) is 11.1 Å². The quantitative estimate of drug-likeness (QED) is 0.587. The minimum atomic E-state index is -0.348. The Morgan fingerprint density at radius 1 is 1.05 bits per heavy atom. The van der Waals surface area contributed by atoms with E-state index in [1.165, 1.54) is 16.7 Å². The highest BCUT2D eigenvalue weighted by atomic mass is 16.1. The molecule has 0 atom stereocenters. The molecule has 1 aliphatic carbocycles. The second kappa shape index (κ2) is 5.67. The normalized spacial score (nSPS) is 16.4. The summed E-state index contributed by atoms with van der Waals surface area (Å²) in [5.74, 6) is 0. The summed E-state index contributed by atoms with van der Waals surface area (Å²) in [7, 11) is 0. The monoisotopic (exact) mass is 277 g/mol. The summed E-state index contributed by atoms with van der Waals surface area (Å²) in [5, 5.41) is 0. The summed E-state index contributed by atoms with van der Waals surface area (Å²) < 4.78 is 0. The van der Waals surface area contributed by atoms with Gasteiger partial charge in [0.15, 0.2) is 0 Å². The van der Waals surface area contributed by atoms with Crippen LogP contribution in [0.3, 0.4) is 0 Å². The first-order valence-electron chi connectivity index (χ1n) is 7.51. The number of rotatable bonds is 3. The standard InChI is InChI=1S/C19H19NO/c1-15-9-10-17(19(20-14-21)11-5-6-12-19)13-18(15)16-7-3-2-4-8-16/h2-4,7-10,13H,5-6,11-12H2,1H3. The molecule has 0 N–H and O–H groups in total. The van der Waals surface area contributed by atoms with Crippen LogP contribution in [0.1, 0.15) is 36.8 Å². The van der Waals surface area contributed by atoms with Gasteiger partial charge < -0.3 is 0 Å². The van der Waals surface area contributed by atoms with Crippen LogP contribution in [-0.2, 0) is 10.3 Å². The van der Waals surface area contributed by atoms with E-state index in [0.717, 1.165) is 31.2 Å². The lowest BCUT2D eigenvalue weighted by atomic mass is 9.86. The van der Waals surface area contributed by atoms with Crippen LogP contribution in [0.2, 0.25) is 0 Å². The number of isocyanates is 1. The molecule has 0 saturated heterocycles. The first-order chi connectivity index (χ1) is 10.2. The van der Waals surface area contributed by atoms with Gasteiger partial charge >= 0.3 is 0 Å². The van der Waals surface area contributed by atoms with Gasteiger partial charge in [-0.3, -0.25) is 0 Å². The molecule has 3 rings (SSSR count). The Labute approximate surface area is 125 Å². The molecule has 1 saturated carbocycles. The number of aryl methyl sites for hydroxylation is 1. The van der Waals surface area contributed by atoms with E-state index >= 15 is 0 Å². The van der Waals surface area contributed by atoms with Crippen molar-refractivity contribution in [3.05, 3.63) is 59.7 Å². The molecule has 2 aromatic rings. The zero-order valence-corrected chi connectivity index (χ0v) is 12.3. The van der Waals surface area contributed by atoms with Crippen molar-refractivity contribution in [1.29, 1.82) is 0 Å². The molecule has 21 heavy (non-hydrogen) atoms.